The second-order valence-corrected chi connectivity index (χ2v) is 4.86. The lowest BCUT2D eigenvalue weighted by molar-refractivity contribution is 0.313. The van der Waals surface area contributed by atoms with Gasteiger partial charge in [0.2, 0.25) is 0 Å². The van der Waals surface area contributed by atoms with Crippen LogP contribution in [0.1, 0.15) is 37.8 Å². The molecule has 0 saturated heterocycles. The summed E-state index contributed by atoms with van der Waals surface area (Å²) >= 11 is 6.23. The predicted molar refractivity (Wildman–Crippen MR) is 81.2 cm³/mol. The molecule has 0 bridgehead atoms. The molecule has 2 nitrogen and oxygen atoms in total. The number of halogens is 2. The lowest BCUT2D eigenvalue weighted by Crippen LogP contribution is -2.22. The highest BCUT2D eigenvalue weighted by Crippen LogP contribution is 2.31. The van der Waals surface area contributed by atoms with Crippen LogP contribution in [-0.2, 0) is 6.42 Å². The summed E-state index contributed by atoms with van der Waals surface area (Å²) < 4.78 is 5.73. The average molecular weight is 292 g/mol. The van der Waals surface area contributed by atoms with E-state index in [2.05, 4.69) is 19.9 Å². The van der Waals surface area contributed by atoms with E-state index in [-0.39, 0.29) is 18.4 Å². The molecular formula is C14H23Cl2NO. The normalized spacial score (nSPS) is 11.8. The summed E-state index contributed by atoms with van der Waals surface area (Å²) in [5.74, 6) is 0.808. The predicted octanol–water partition coefficient (Wildman–Crippen LogP) is 4.14. The van der Waals surface area contributed by atoms with Crippen LogP contribution >= 0.6 is 24.0 Å². The van der Waals surface area contributed by atoms with Gasteiger partial charge in [0, 0.05) is 6.04 Å². The third-order valence-electron chi connectivity index (χ3n) is 2.72. The Bertz CT molecular complexity index is 369. The Morgan fingerprint density at radius 1 is 1.33 bits per heavy atom. The number of aryl methyl sites for hydroxylation is 1. The van der Waals surface area contributed by atoms with E-state index in [1.807, 2.05) is 13.0 Å². The monoisotopic (exact) mass is 291 g/mol. The summed E-state index contributed by atoms with van der Waals surface area (Å²) in [4.78, 5) is 0. The molecule has 18 heavy (non-hydrogen) atoms. The van der Waals surface area contributed by atoms with Crippen LogP contribution in [0.15, 0.2) is 12.1 Å². The third-order valence-corrected chi connectivity index (χ3v) is 3.00. The SMILES string of the molecule is CCCOc1c(Cl)cc(C)cc1CC(N)CC.Cl. The molecule has 1 aromatic carbocycles. The standard InChI is InChI=1S/C14H22ClNO.ClH/c1-4-6-17-14-11(9-12(16)5-2)7-10(3)8-13(14)15;/h7-8,12H,4-6,9,16H2,1-3H3;1H. The van der Waals surface area contributed by atoms with Gasteiger partial charge in [0.1, 0.15) is 5.75 Å². The van der Waals surface area contributed by atoms with Gasteiger partial charge in [-0.1, -0.05) is 31.5 Å². The van der Waals surface area contributed by atoms with E-state index >= 15 is 0 Å². The largest absolute Gasteiger partial charge is 0.492 e. The fourth-order valence-electron chi connectivity index (χ4n) is 1.75. The van der Waals surface area contributed by atoms with E-state index in [1.165, 1.54) is 0 Å². The van der Waals surface area contributed by atoms with Gasteiger partial charge in [0.25, 0.3) is 0 Å². The minimum Gasteiger partial charge on any atom is -0.492 e. The highest BCUT2D eigenvalue weighted by atomic mass is 35.5. The van der Waals surface area contributed by atoms with Crippen molar-refractivity contribution >= 4 is 24.0 Å². The summed E-state index contributed by atoms with van der Waals surface area (Å²) in [5.41, 5.74) is 8.28. The van der Waals surface area contributed by atoms with E-state index in [0.29, 0.717) is 11.6 Å². The Kier molecular flexibility index (Phi) is 8.41. The summed E-state index contributed by atoms with van der Waals surface area (Å²) in [6.45, 7) is 6.90. The van der Waals surface area contributed by atoms with Gasteiger partial charge in [0.15, 0.2) is 0 Å². The van der Waals surface area contributed by atoms with Crippen molar-refractivity contribution in [2.75, 3.05) is 6.61 Å². The average Bonchev–Trinajstić information content (AvgIpc) is 2.27. The molecule has 1 rings (SSSR count). The summed E-state index contributed by atoms with van der Waals surface area (Å²) in [6, 6.07) is 4.22. The zero-order valence-electron chi connectivity index (χ0n) is 11.3. The van der Waals surface area contributed by atoms with Crippen LogP contribution in [0.2, 0.25) is 5.02 Å². The van der Waals surface area contributed by atoms with Crippen LogP contribution in [0.3, 0.4) is 0 Å². The van der Waals surface area contributed by atoms with E-state index in [9.17, 15) is 0 Å². The molecule has 1 aromatic rings. The summed E-state index contributed by atoms with van der Waals surface area (Å²) in [7, 11) is 0. The van der Waals surface area contributed by atoms with Crippen LogP contribution in [0, 0.1) is 6.92 Å². The molecule has 1 unspecified atom stereocenters. The Morgan fingerprint density at radius 3 is 2.56 bits per heavy atom. The third kappa shape index (κ3) is 5.05. The molecule has 2 N–H and O–H groups in total. The molecule has 0 aliphatic carbocycles. The molecule has 1 atom stereocenters. The van der Waals surface area contributed by atoms with Crippen molar-refractivity contribution in [1.29, 1.82) is 0 Å². The van der Waals surface area contributed by atoms with Gasteiger partial charge >= 0.3 is 0 Å². The van der Waals surface area contributed by atoms with Crippen molar-refractivity contribution < 1.29 is 4.74 Å². The lowest BCUT2D eigenvalue weighted by Gasteiger charge is -2.16. The van der Waals surface area contributed by atoms with E-state index in [4.69, 9.17) is 22.1 Å². The first-order chi connectivity index (χ1) is 8.08. The molecule has 0 aliphatic rings. The van der Waals surface area contributed by atoms with Gasteiger partial charge in [-0.2, -0.15) is 0 Å². The fraction of sp³-hybridized carbons (Fsp3) is 0.571. The molecule has 0 spiro atoms. The van der Waals surface area contributed by atoms with Crippen molar-refractivity contribution in [3.8, 4) is 5.75 Å². The highest BCUT2D eigenvalue weighted by molar-refractivity contribution is 6.32. The van der Waals surface area contributed by atoms with Crippen LogP contribution in [0.25, 0.3) is 0 Å². The number of ether oxygens (including phenoxy) is 1. The van der Waals surface area contributed by atoms with Gasteiger partial charge in [-0.15, -0.1) is 12.4 Å². The Labute approximate surface area is 121 Å². The van der Waals surface area contributed by atoms with Crippen molar-refractivity contribution in [3.05, 3.63) is 28.3 Å². The number of rotatable bonds is 6. The Morgan fingerprint density at radius 2 is 2.00 bits per heavy atom. The minimum absolute atomic E-state index is 0. The van der Waals surface area contributed by atoms with Crippen molar-refractivity contribution in [2.45, 2.75) is 46.1 Å². The molecule has 0 aliphatic heterocycles. The van der Waals surface area contributed by atoms with Gasteiger partial charge in [-0.05, 0) is 43.4 Å². The first-order valence-corrected chi connectivity index (χ1v) is 6.63. The van der Waals surface area contributed by atoms with E-state index in [0.717, 1.165) is 36.1 Å². The quantitative estimate of drug-likeness (QED) is 0.855. The van der Waals surface area contributed by atoms with Crippen LogP contribution in [0.4, 0.5) is 0 Å². The number of hydrogen-bond acceptors (Lipinski definition) is 2. The maximum Gasteiger partial charge on any atom is 0.141 e. The topological polar surface area (TPSA) is 35.2 Å². The first-order valence-electron chi connectivity index (χ1n) is 6.25. The van der Waals surface area contributed by atoms with Gasteiger partial charge < -0.3 is 10.5 Å². The van der Waals surface area contributed by atoms with Crippen molar-refractivity contribution in [2.24, 2.45) is 5.73 Å². The Balaban J connectivity index is 0.00000289. The zero-order valence-corrected chi connectivity index (χ0v) is 12.9. The molecule has 0 amide bonds. The van der Waals surface area contributed by atoms with Gasteiger partial charge in [0.05, 0.1) is 11.6 Å². The molecule has 0 heterocycles. The van der Waals surface area contributed by atoms with E-state index in [1.54, 1.807) is 0 Å². The molecule has 104 valence electrons. The fourth-order valence-corrected chi connectivity index (χ4v) is 2.09. The van der Waals surface area contributed by atoms with E-state index < -0.39 is 0 Å². The molecule has 0 aromatic heterocycles. The minimum atomic E-state index is 0. The van der Waals surface area contributed by atoms with Crippen LogP contribution in [-0.4, -0.2) is 12.6 Å². The molecule has 0 fully saturated rings. The Hall–Kier alpha value is -0.440. The van der Waals surface area contributed by atoms with Crippen LogP contribution < -0.4 is 10.5 Å². The van der Waals surface area contributed by atoms with Gasteiger partial charge in [-0.3, -0.25) is 0 Å². The number of benzene rings is 1. The van der Waals surface area contributed by atoms with Crippen molar-refractivity contribution in [3.63, 3.8) is 0 Å². The highest BCUT2D eigenvalue weighted by Gasteiger charge is 2.12. The summed E-state index contributed by atoms with van der Waals surface area (Å²) in [6.07, 6.45) is 2.75. The molecule has 4 heteroatoms. The second-order valence-electron chi connectivity index (χ2n) is 4.46. The molecule has 0 saturated carbocycles. The summed E-state index contributed by atoms with van der Waals surface area (Å²) in [5, 5.41) is 0.691. The maximum absolute atomic E-state index is 6.23. The molecule has 0 radical (unpaired) electrons. The number of nitrogens with two attached hydrogens (primary N) is 1. The lowest BCUT2D eigenvalue weighted by atomic mass is 10.0. The van der Waals surface area contributed by atoms with Crippen molar-refractivity contribution in [1.82, 2.24) is 0 Å². The maximum atomic E-state index is 6.23. The zero-order chi connectivity index (χ0) is 12.8. The first kappa shape index (κ1) is 17.6. The van der Waals surface area contributed by atoms with Crippen LogP contribution in [0.5, 0.6) is 5.75 Å². The smallest absolute Gasteiger partial charge is 0.141 e. The van der Waals surface area contributed by atoms with Gasteiger partial charge in [-0.25, -0.2) is 0 Å². The number of hydrogen-bond donors (Lipinski definition) is 1. The second kappa shape index (κ2) is 8.63. The molecular weight excluding hydrogens is 269 g/mol.